The third kappa shape index (κ3) is 6.00. The molecular weight excluding hydrogens is 496 g/mol. The number of carbonyl (C=O) groups excluding carboxylic acids is 2. The summed E-state index contributed by atoms with van der Waals surface area (Å²) >= 11 is 4.41. The molecule has 1 saturated heterocycles. The second-order valence-corrected chi connectivity index (χ2v) is 10.6. The first-order valence-corrected chi connectivity index (χ1v) is 12.6. The van der Waals surface area contributed by atoms with Crippen LogP contribution in [0.2, 0.25) is 0 Å². The Hall–Kier alpha value is -2.96. The van der Waals surface area contributed by atoms with E-state index in [-0.39, 0.29) is 41.0 Å². The van der Waals surface area contributed by atoms with Crippen LogP contribution in [0.5, 0.6) is 17.2 Å². The second-order valence-electron chi connectivity index (χ2n) is 7.95. The highest BCUT2D eigenvalue weighted by molar-refractivity contribution is 7.89. The lowest BCUT2D eigenvalue weighted by atomic mass is 10.0. The fourth-order valence-electron chi connectivity index (χ4n) is 3.87. The zero-order valence-corrected chi connectivity index (χ0v) is 21.2. The van der Waals surface area contributed by atoms with Crippen LogP contribution in [0.3, 0.4) is 0 Å². The van der Waals surface area contributed by atoms with Gasteiger partial charge in [0.1, 0.15) is 17.8 Å². The van der Waals surface area contributed by atoms with Crippen LogP contribution in [0.4, 0.5) is 0 Å². The van der Waals surface area contributed by atoms with Gasteiger partial charge in [-0.15, -0.1) is 0 Å². The van der Waals surface area contributed by atoms with E-state index >= 15 is 0 Å². The number of methoxy groups -OCH3 is 3. The maximum absolute atomic E-state index is 13.5. The number of phenols is 1. The van der Waals surface area contributed by atoms with Crippen molar-refractivity contribution in [2.45, 2.75) is 35.1 Å². The molecule has 190 valence electrons. The lowest BCUT2D eigenvalue weighted by Crippen LogP contribution is -2.51. The highest BCUT2D eigenvalue weighted by Crippen LogP contribution is 2.34. The molecule has 1 heterocycles. The van der Waals surface area contributed by atoms with Crippen molar-refractivity contribution in [2.75, 3.05) is 27.9 Å². The number of sulfonamides is 1. The Morgan fingerprint density at radius 2 is 1.77 bits per heavy atom. The lowest BCUT2D eigenvalue weighted by Gasteiger charge is -2.25. The summed E-state index contributed by atoms with van der Waals surface area (Å²) in [6, 6.07) is 8.20. The Labute approximate surface area is 209 Å². The highest BCUT2D eigenvalue weighted by Gasteiger charge is 2.44. The number of nitrogens with one attached hydrogen (secondary N) is 1. The number of carbonyl (C=O) groups is 2. The Balaban J connectivity index is 1.85. The van der Waals surface area contributed by atoms with Gasteiger partial charge in [0.15, 0.2) is 11.5 Å². The van der Waals surface area contributed by atoms with Gasteiger partial charge in [0.25, 0.3) is 0 Å². The third-order valence-corrected chi connectivity index (χ3v) is 7.92. The van der Waals surface area contributed by atoms with E-state index in [1.54, 1.807) is 12.1 Å². The van der Waals surface area contributed by atoms with Crippen molar-refractivity contribution in [3.8, 4) is 17.2 Å². The van der Waals surface area contributed by atoms with Crippen molar-refractivity contribution in [3.05, 3.63) is 48.0 Å². The maximum Gasteiger partial charge on any atom is 0.328 e. The van der Waals surface area contributed by atoms with Crippen LogP contribution in [0.15, 0.2) is 47.4 Å². The van der Waals surface area contributed by atoms with Crippen molar-refractivity contribution >= 4 is 34.5 Å². The van der Waals surface area contributed by atoms with Gasteiger partial charge in [-0.25, -0.2) is 13.2 Å². The first-order valence-electron chi connectivity index (χ1n) is 10.7. The molecule has 3 atom stereocenters. The van der Waals surface area contributed by atoms with Crippen LogP contribution in [0.25, 0.3) is 0 Å². The molecule has 2 aromatic rings. The first kappa shape index (κ1) is 26.6. The van der Waals surface area contributed by atoms with E-state index in [1.165, 1.54) is 51.7 Å². The molecule has 1 amide bonds. The molecule has 0 saturated carbocycles. The molecule has 1 aliphatic heterocycles. The minimum atomic E-state index is -4.10. The summed E-state index contributed by atoms with van der Waals surface area (Å²) < 4.78 is 43.2. The number of aromatic hydroxyl groups is 1. The zero-order chi connectivity index (χ0) is 25.8. The van der Waals surface area contributed by atoms with Crippen LogP contribution in [0.1, 0.15) is 12.0 Å². The molecule has 2 N–H and O–H groups in total. The Kier molecular flexibility index (Phi) is 8.51. The summed E-state index contributed by atoms with van der Waals surface area (Å²) in [6.07, 6.45) is 0.257. The van der Waals surface area contributed by atoms with Gasteiger partial charge < -0.3 is 24.6 Å². The van der Waals surface area contributed by atoms with Gasteiger partial charge in [0, 0.05) is 24.3 Å². The number of esters is 1. The Morgan fingerprint density at radius 3 is 2.37 bits per heavy atom. The second kappa shape index (κ2) is 11.2. The van der Waals surface area contributed by atoms with E-state index in [4.69, 9.17) is 14.2 Å². The van der Waals surface area contributed by atoms with Crippen LogP contribution in [-0.2, 0) is 30.8 Å². The number of phenolic OH excluding ortho intramolecular Hbond substituents is 1. The lowest BCUT2D eigenvalue weighted by molar-refractivity contribution is -0.145. The zero-order valence-electron chi connectivity index (χ0n) is 19.5. The quantitative estimate of drug-likeness (QED) is 0.331. The normalized spacial score (nSPS) is 19.1. The van der Waals surface area contributed by atoms with Crippen LogP contribution in [-0.4, -0.2) is 74.9 Å². The van der Waals surface area contributed by atoms with Crippen molar-refractivity contribution in [2.24, 2.45) is 0 Å². The van der Waals surface area contributed by atoms with Crippen LogP contribution >= 0.6 is 12.6 Å². The van der Waals surface area contributed by atoms with Crippen molar-refractivity contribution in [1.82, 2.24) is 9.62 Å². The third-order valence-electron chi connectivity index (χ3n) is 5.68. The molecule has 3 rings (SSSR count). The minimum Gasteiger partial charge on any atom is -0.508 e. The van der Waals surface area contributed by atoms with Gasteiger partial charge in [-0.05, 0) is 36.2 Å². The number of thiol groups is 1. The smallest absolute Gasteiger partial charge is 0.328 e. The monoisotopic (exact) mass is 524 g/mol. The minimum absolute atomic E-state index is 0.0126. The fraction of sp³-hybridized carbons (Fsp3) is 0.391. The molecule has 1 fully saturated rings. The highest BCUT2D eigenvalue weighted by atomic mass is 32.2. The number of hydrogen-bond acceptors (Lipinski definition) is 9. The summed E-state index contributed by atoms with van der Waals surface area (Å²) in [5, 5.41) is 11.7. The molecule has 0 aliphatic carbocycles. The summed E-state index contributed by atoms with van der Waals surface area (Å²) in [5.74, 6) is -0.657. The predicted octanol–water partition coefficient (Wildman–Crippen LogP) is 1.37. The van der Waals surface area contributed by atoms with Gasteiger partial charge in [-0.1, -0.05) is 12.1 Å². The van der Waals surface area contributed by atoms with E-state index in [1.807, 2.05) is 0 Å². The fourth-order valence-corrected chi connectivity index (χ4v) is 6.02. The number of hydrogen-bond donors (Lipinski definition) is 3. The number of ether oxygens (including phenoxy) is 3. The molecule has 0 bridgehead atoms. The van der Waals surface area contributed by atoms with Gasteiger partial charge in [0.05, 0.1) is 26.2 Å². The summed E-state index contributed by atoms with van der Waals surface area (Å²) in [7, 11) is -0.0719. The first-order chi connectivity index (χ1) is 16.6. The topological polar surface area (TPSA) is 131 Å². The predicted molar refractivity (Wildman–Crippen MR) is 130 cm³/mol. The SMILES string of the molecule is COC(=O)[C@H](Cc1ccc(O)cc1)NC(=O)[C@@H]1C[C@H](S)CN1S(=O)(=O)c1ccc(OC)c(OC)c1. The van der Waals surface area contributed by atoms with Crippen molar-refractivity contribution in [1.29, 1.82) is 0 Å². The Morgan fingerprint density at radius 1 is 1.11 bits per heavy atom. The van der Waals surface area contributed by atoms with E-state index in [0.717, 1.165) is 4.31 Å². The van der Waals surface area contributed by atoms with Crippen LogP contribution in [0, 0.1) is 0 Å². The molecule has 0 unspecified atom stereocenters. The van der Waals surface area contributed by atoms with Crippen molar-refractivity contribution < 1.29 is 37.3 Å². The Bertz CT molecular complexity index is 1170. The summed E-state index contributed by atoms with van der Waals surface area (Å²) in [5.41, 5.74) is 0.673. The molecule has 0 radical (unpaired) electrons. The molecule has 0 spiro atoms. The number of benzene rings is 2. The average Bonchev–Trinajstić information content (AvgIpc) is 3.26. The van der Waals surface area contributed by atoms with E-state index < -0.39 is 34.0 Å². The van der Waals surface area contributed by atoms with Crippen molar-refractivity contribution in [3.63, 3.8) is 0 Å². The van der Waals surface area contributed by atoms with Gasteiger partial charge in [-0.3, -0.25) is 4.79 Å². The van der Waals surface area contributed by atoms with Gasteiger partial charge in [0.2, 0.25) is 15.9 Å². The number of rotatable bonds is 9. The molecule has 10 nitrogen and oxygen atoms in total. The standard InChI is InChI=1S/C23H28N2O8S2/c1-31-20-9-8-17(12-21(20)32-2)35(29,30)25-13-16(34)11-19(25)22(27)24-18(23(28)33-3)10-14-4-6-15(26)7-5-14/h4-9,12,16,18-19,26,34H,10-11,13H2,1-3H3,(H,24,27)/t16-,18-,19-/m0/s1. The molecular formula is C23H28N2O8S2. The number of amides is 1. The average molecular weight is 525 g/mol. The van der Waals surface area contributed by atoms with E-state index in [9.17, 15) is 23.1 Å². The maximum atomic E-state index is 13.5. The van der Waals surface area contributed by atoms with Crippen LogP contribution < -0.4 is 14.8 Å². The largest absolute Gasteiger partial charge is 0.508 e. The molecule has 1 aliphatic rings. The van der Waals surface area contributed by atoms with Gasteiger partial charge >= 0.3 is 5.97 Å². The van der Waals surface area contributed by atoms with Gasteiger partial charge in [-0.2, -0.15) is 16.9 Å². The molecule has 2 aromatic carbocycles. The number of nitrogens with zero attached hydrogens (tertiary/aromatic N) is 1. The summed E-state index contributed by atoms with van der Waals surface area (Å²) in [4.78, 5) is 25.5. The van der Waals surface area contributed by atoms with E-state index in [0.29, 0.717) is 11.3 Å². The summed E-state index contributed by atoms with van der Waals surface area (Å²) in [6.45, 7) is 0.0126. The van der Waals surface area contributed by atoms with E-state index in [2.05, 4.69) is 17.9 Å². The molecule has 35 heavy (non-hydrogen) atoms. The molecule has 12 heteroatoms. The molecule has 0 aromatic heterocycles.